The van der Waals surface area contributed by atoms with Gasteiger partial charge in [0.1, 0.15) is 0 Å². The molecule has 0 bridgehead atoms. The van der Waals surface area contributed by atoms with E-state index in [9.17, 15) is 5.11 Å². The van der Waals surface area contributed by atoms with Crippen molar-refractivity contribution in [3.05, 3.63) is 0 Å². The summed E-state index contributed by atoms with van der Waals surface area (Å²) >= 11 is 0. The number of ether oxygens (including phenoxy) is 1. The molecule has 0 heterocycles. The standard InChI is InChI=1S/C12H25NO2/c1-2-9-15-10-5-8-13-11-6-3-4-7-12(11)14/h11-14H,2-10H2,1H3. The molecule has 15 heavy (non-hydrogen) atoms. The van der Waals surface area contributed by atoms with E-state index < -0.39 is 0 Å². The summed E-state index contributed by atoms with van der Waals surface area (Å²) in [6, 6.07) is 0.324. The van der Waals surface area contributed by atoms with Crippen molar-refractivity contribution in [1.29, 1.82) is 0 Å². The number of aliphatic hydroxyl groups is 1. The number of rotatable bonds is 7. The van der Waals surface area contributed by atoms with Crippen LogP contribution in [-0.2, 0) is 4.74 Å². The van der Waals surface area contributed by atoms with Gasteiger partial charge in [0.15, 0.2) is 0 Å². The van der Waals surface area contributed by atoms with Crippen LogP contribution in [0.3, 0.4) is 0 Å². The lowest BCUT2D eigenvalue weighted by Gasteiger charge is -2.28. The van der Waals surface area contributed by atoms with Crippen LogP contribution < -0.4 is 5.32 Å². The SMILES string of the molecule is CCCOCCCNC1CCCCC1O. The Morgan fingerprint density at radius 2 is 2.07 bits per heavy atom. The summed E-state index contributed by atoms with van der Waals surface area (Å²) < 4.78 is 5.40. The predicted molar refractivity (Wildman–Crippen MR) is 62.0 cm³/mol. The third-order valence-electron chi connectivity index (χ3n) is 2.95. The molecule has 90 valence electrons. The maximum absolute atomic E-state index is 9.72. The number of aliphatic hydroxyl groups excluding tert-OH is 1. The first-order chi connectivity index (χ1) is 7.34. The fraction of sp³-hybridized carbons (Fsp3) is 1.00. The molecule has 2 unspecified atom stereocenters. The molecule has 0 aromatic carbocycles. The van der Waals surface area contributed by atoms with Crippen molar-refractivity contribution in [2.75, 3.05) is 19.8 Å². The monoisotopic (exact) mass is 215 g/mol. The zero-order chi connectivity index (χ0) is 10.9. The summed E-state index contributed by atoms with van der Waals surface area (Å²) in [5, 5.41) is 13.1. The van der Waals surface area contributed by atoms with Crippen LogP contribution in [0.1, 0.15) is 45.4 Å². The van der Waals surface area contributed by atoms with E-state index in [-0.39, 0.29) is 6.10 Å². The van der Waals surface area contributed by atoms with Gasteiger partial charge in [-0.05, 0) is 32.2 Å². The van der Waals surface area contributed by atoms with Crippen LogP contribution in [0.25, 0.3) is 0 Å². The molecule has 0 radical (unpaired) electrons. The zero-order valence-electron chi connectivity index (χ0n) is 9.87. The largest absolute Gasteiger partial charge is 0.392 e. The van der Waals surface area contributed by atoms with Gasteiger partial charge in [0.2, 0.25) is 0 Å². The average Bonchev–Trinajstić information content (AvgIpc) is 2.25. The van der Waals surface area contributed by atoms with Crippen molar-refractivity contribution in [2.24, 2.45) is 0 Å². The summed E-state index contributed by atoms with van der Waals surface area (Å²) in [5.41, 5.74) is 0. The van der Waals surface area contributed by atoms with Gasteiger partial charge in [0.25, 0.3) is 0 Å². The molecule has 0 saturated heterocycles. The molecule has 0 amide bonds. The zero-order valence-corrected chi connectivity index (χ0v) is 9.87. The van der Waals surface area contributed by atoms with Gasteiger partial charge in [-0.3, -0.25) is 0 Å². The van der Waals surface area contributed by atoms with E-state index in [4.69, 9.17) is 4.74 Å². The first kappa shape index (κ1) is 12.9. The molecular formula is C12H25NO2. The fourth-order valence-corrected chi connectivity index (χ4v) is 2.06. The Morgan fingerprint density at radius 1 is 1.27 bits per heavy atom. The van der Waals surface area contributed by atoms with Crippen molar-refractivity contribution >= 4 is 0 Å². The Balaban J connectivity index is 1.94. The smallest absolute Gasteiger partial charge is 0.0693 e. The van der Waals surface area contributed by atoms with Crippen molar-refractivity contribution in [3.63, 3.8) is 0 Å². The minimum atomic E-state index is -0.129. The second-order valence-corrected chi connectivity index (χ2v) is 4.38. The van der Waals surface area contributed by atoms with E-state index in [1.165, 1.54) is 12.8 Å². The van der Waals surface area contributed by atoms with Gasteiger partial charge in [0.05, 0.1) is 6.10 Å². The van der Waals surface area contributed by atoms with Crippen molar-refractivity contribution in [1.82, 2.24) is 5.32 Å². The number of hydrogen-bond acceptors (Lipinski definition) is 3. The molecule has 0 aromatic heterocycles. The minimum Gasteiger partial charge on any atom is -0.392 e. The van der Waals surface area contributed by atoms with Gasteiger partial charge >= 0.3 is 0 Å². The van der Waals surface area contributed by atoms with Crippen LogP contribution >= 0.6 is 0 Å². The van der Waals surface area contributed by atoms with E-state index in [1.807, 2.05) is 0 Å². The van der Waals surface area contributed by atoms with Crippen molar-refractivity contribution in [3.8, 4) is 0 Å². The predicted octanol–water partition coefficient (Wildman–Crippen LogP) is 1.70. The fourth-order valence-electron chi connectivity index (χ4n) is 2.06. The Bertz CT molecular complexity index is 153. The molecule has 2 N–H and O–H groups in total. The second-order valence-electron chi connectivity index (χ2n) is 4.38. The maximum Gasteiger partial charge on any atom is 0.0693 e. The van der Waals surface area contributed by atoms with Crippen molar-refractivity contribution in [2.45, 2.75) is 57.6 Å². The summed E-state index contributed by atoms with van der Waals surface area (Å²) in [7, 11) is 0. The highest BCUT2D eigenvalue weighted by Crippen LogP contribution is 2.18. The molecule has 0 aromatic rings. The van der Waals surface area contributed by atoms with Crippen LogP contribution in [0, 0.1) is 0 Å². The van der Waals surface area contributed by atoms with Crippen LogP contribution in [-0.4, -0.2) is 37.0 Å². The van der Waals surface area contributed by atoms with E-state index in [0.717, 1.165) is 45.4 Å². The molecular weight excluding hydrogens is 190 g/mol. The summed E-state index contributed by atoms with van der Waals surface area (Å²) in [6.07, 6.45) is 6.52. The quantitative estimate of drug-likeness (QED) is 0.635. The average molecular weight is 215 g/mol. The topological polar surface area (TPSA) is 41.5 Å². The van der Waals surface area contributed by atoms with Gasteiger partial charge < -0.3 is 15.2 Å². The van der Waals surface area contributed by atoms with Gasteiger partial charge in [-0.1, -0.05) is 19.8 Å². The Morgan fingerprint density at radius 3 is 2.80 bits per heavy atom. The van der Waals surface area contributed by atoms with E-state index in [0.29, 0.717) is 6.04 Å². The Kier molecular flexibility index (Phi) is 6.98. The second kappa shape index (κ2) is 8.08. The molecule has 1 aliphatic rings. The van der Waals surface area contributed by atoms with Crippen LogP contribution in [0.4, 0.5) is 0 Å². The van der Waals surface area contributed by atoms with Crippen LogP contribution in [0.5, 0.6) is 0 Å². The minimum absolute atomic E-state index is 0.129. The lowest BCUT2D eigenvalue weighted by molar-refractivity contribution is 0.0870. The first-order valence-corrected chi connectivity index (χ1v) is 6.33. The number of hydrogen-bond donors (Lipinski definition) is 2. The van der Waals surface area contributed by atoms with E-state index >= 15 is 0 Å². The highest BCUT2D eigenvalue weighted by molar-refractivity contribution is 4.79. The molecule has 1 fully saturated rings. The molecule has 3 nitrogen and oxygen atoms in total. The third-order valence-corrected chi connectivity index (χ3v) is 2.95. The molecule has 1 saturated carbocycles. The van der Waals surface area contributed by atoms with E-state index in [1.54, 1.807) is 0 Å². The molecule has 2 atom stereocenters. The molecule has 1 aliphatic carbocycles. The lowest BCUT2D eigenvalue weighted by atomic mass is 9.92. The highest BCUT2D eigenvalue weighted by atomic mass is 16.5. The van der Waals surface area contributed by atoms with Gasteiger partial charge in [0, 0.05) is 19.3 Å². The lowest BCUT2D eigenvalue weighted by Crippen LogP contribution is -2.42. The summed E-state index contributed by atoms with van der Waals surface area (Å²) in [5.74, 6) is 0. The molecule has 0 spiro atoms. The summed E-state index contributed by atoms with van der Waals surface area (Å²) in [6.45, 7) is 4.79. The Labute approximate surface area is 93.2 Å². The van der Waals surface area contributed by atoms with Gasteiger partial charge in [-0.2, -0.15) is 0 Å². The third kappa shape index (κ3) is 5.50. The summed E-state index contributed by atoms with van der Waals surface area (Å²) in [4.78, 5) is 0. The van der Waals surface area contributed by atoms with E-state index in [2.05, 4.69) is 12.2 Å². The van der Waals surface area contributed by atoms with Gasteiger partial charge in [-0.15, -0.1) is 0 Å². The van der Waals surface area contributed by atoms with Crippen LogP contribution in [0.2, 0.25) is 0 Å². The molecule has 0 aliphatic heterocycles. The highest BCUT2D eigenvalue weighted by Gasteiger charge is 2.21. The Hall–Kier alpha value is -0.120. The van der Waals surface area contributed by atoms with Crippen LogP contribution in [0.15, 0.2) is 0 Å². The van der Waals surface area contributed by atoms with Gasteiger partial charge in [-0.25, -0.2) is 0 Å². The van der Waals surface area contributed by atoms with Crippen molar-refractivity contribution < 1.29 is 9.84 Å². The molecule has 3 heteroatoms. The molecule has 1 rings (SSSR count). The number of nitrogens with one attached hydrogen (secondary N) is 1. The maximum atomic E-state index is 9.72. The first-order valence-electron chi connectivity index (χ1n) is 6.33. The normalized spacial score (nSPS) is 26.8.